The van der Waals surface area contributed by atoms with Crippen molar-refractivity contribution in [2.45, 2.75) is 52.4 Å². The maximum atomic E-state index is 3.67. The van der Waals surface area contributed by atoms with Crippen LogP contribution in [0.3, 0.4) is 0 Å². The molecule has 1 aromatic rings. The van der Waals surface area contributed by atoms with Gasteiger partial charge in [-0.1, -0.05) is 52.3 Å². The molecule has 0 aromatic heterocycles. The predicted molar refractivity (Wildman–Crippen MR) is 75.7 cm³/mol. The molecule has 1 nitrogen and oxygen atoms in total. The van der Waals surface area contributed by atoms with E-state index in [4.69, 9.17) is 0 Å². The molecule has 2 rings (SSSR count). The van der Waals surface area contributed by atoms with Crippen LogP contribution < -0.4 is 5.32 Å². The summed E-state index contributed by atoms with van der Waals surface area (Å²) in [5, 5.41) is 3.67. The van der Waals surface area contributed by atoms with Crippen molar-refractivity contribution in [1.29, 1.82) is 0 Å². The Kier molecular flexibility index (Phi) is 3.46. The van der Waals surface area contributed by atoms with Crippen molar-refractivity contribution in [3.8, 4) is 0 Å². The zero-order chi connectivity index (χ0) is 12.5. The Labute approximate surface area is 106 Å². The molecule has 1 N–H and O–H groups in total. The molecule has 0 aliphatic carbocycles. The highest BCUT2D eigenvalue weighted by Gasteiger charge is 2.24. The van der Waals surface area contributed by atoms with Crippen molar-refractivity contribution < 1.29 is 0 Å². The third-order valence-electron chi connectivity index (χ3n) is 3.73. The number of hydrogen-bond acceptors (Lipinski definition) is 1. The molecular formula is C16H25N. The van der Waals surface area contributed by atoms with Crippen molar-refractivity contribution >= 4 is 5.69 Å². The molecule has 17 heavy (non-hydrogen) atoms. The average Bonchev–Trinajstić information content (AvgIpc) is 2.27. The van der Waals surface area contributed by atoms with E-state index < -0.39 is 0 Å². The Morgan fingerprint density at radius 3 is 2.71 bits per heavy atom. The lowest BCUT2D eigenvalue weighted by Gasteiger charge is -2.31. The molecule has 0 saturated carbocycles. The standard InChI is InChI=1S/C16H25N/c1-5-7-12-10-13-8-6-9-14(16(2,3)4)15(13)17-11-12/h6,8-9,12,17H,5,7,10-11H2,1-4H3. The van der Waals surface area contributed by atoms with E-state index in [0.29, 0.717) is 0 Å². The molecule has 1 unspecified atom stereocenters. The minimum Gasteiger partial charge on any atom is -0.384 e. The van der Waals surface area contributed by atoms with E-state index in [2.05, 4.69) is 51.2 Å². The second-order valence-electron chi connectivity index (χ2n) is 6.33. The fourth-order valence-electron chi connectivity index (χ4n) is 2.85. The Morgan fingerprint density at radius 2 is 2.06 bits per heavy atom. The number of benzene rings is 1. The van der Waals surface area contributed by atoms with E-state index in [9.17, 15) is 0 Å². The minimum atomic E-state index is 0.232. The third-order valence-corrected chi connectivity index (χ3v) is 3.73. The van der Waals surface area contributed by atoms with Gasteiger partial charge in [0.25, 0.3) is 0 Å². The SMILES string of the molecule is CCCC1CNc2c(cccc2C(C)(C)C)C1. The van der Waals surface area contributed by atoms with Gasteiger partial charge in [-0.05, 0) is 35.3 Å². The van der Waals surface area contributed by atoms with Crippen LogP contribution in [-0.2, 0) is 11.8 Å². The summed E-state index contributed by atoms with van der Waals surface area (Å²) in [7, 11) is 0. The van der Waals surface area contributed by atoms with Crippen LogP contribution in [-0.4, -0.2) is 6.54 Å². The van der Waals surface area contributed by atoms with Gasteiger partial charge in [-0.2, -0.15) is 0 Å². The highest BCUT2D eigenvalue weighted by Crippen LogP contribution is 2.36. The maximum Gasteiger partial charge on any atom is 0.0410 e. The van der Waals surface area contributed by atoms with Gasteiger partial charge >= 0.3 is 0 Å². The summed E-state index contributed by atoms with van der Waals surface area (Å²) in [5.41, 5.74) is 4.62. The molecule has 1 aliphatic rings. The molecular weight excluding hydrogens is 206 g/mol. The topological polar surface area (TPSA) is 12.0 Å². The van der Waals surface area contributed by atoms with Crippen LogP contribution in [0.1, 0.15) is 51.7 Å². The number of nitrogens with one attached hydrogen (secondary N) is 1. The van der Waals surface area contributed by atoms with Crippen molar-refractivity contribution in [3.63, 3.8) is 0 Å². The summed E-state index contributed by atoms with van der Waals surface area (Å²) in [4.78, 5) is 0. The van der Waals surface area contributed by atoms with Crippen LogP contribution in [0.5, 0.6) is 0 Å². The molecule has 0 amide bonds. The second kappa shape index (κ2) is 4.72. The average molecular weight is 231 g/mol. The molecule has 1 heterocycles. The van der Waals surface area contributed by atoms with Crippen molar-refractivity contribution in [1.82, 2.24) is 0 Å². The molecule has 0 saturated heterocycles. The van der Waals surface area contributed by atoms with Gasteiger partial charge in [-0.25, -0.2) is 0 Å². The monoisotopic (exact) mass is 231 g/mol. The van der Waals surface area contributed by atoms with E-state index in [1.807, 2.05) is 0 Å². The Bertz CT molecular complexity index is 387. The highest BCUT2D eigenvalue weighted by atomic mass is 14.9. The number of anilines is 1. The predicted octanol–water partition coefficient (Wildman–Crippen LogP) is 4.37. The van der Waals surface area contributed by atoms with Crippen LogP contribution in [0.25, 0.3) is 0 Å². The molecule has 1 aliphatic heterocycles. The maximum absolute atomic E-state index is 3.67. The number of para-hydroxylation sites is 1. The molecule has 0 bridgehead atoms. The lowest BCUT2D eigenvalue weighted by Crippen LogP contribution is -2.26. The van der Waals surface area contributed by atoms with E-state index in [1.165, 1.54) is 36.1 Å². The summed E-state index contributed by atoms with van der Waals surface area (Å²) >= 11 is 0. The zero-order valence-corrected chi connectivity index (χ0v) is 11.6. The summed E-state index contributed by atoms with van der Waals surface area (Å²) in [6, 6.07) is 6.78. The van der Waals surface area contributed by atoms with E-state index in [0.717, 1.165) is 12.5 Å². The first-order valence-corrected chi connectivity index (χ1v) is 6.88. The van der Waals surface area contributed by atoms with E-state index in [1.54, 1.807) is 0 Å². The highest BCUT2D eigenvalue weighted by molar-refractivity contribution is 5.61. The van der Waals surface area contributed by atoms with Gasteiger partial charge in [-0.3, -0.25) is 0 Å². The normalized spacial score (nSPS) is 19.6. The van der Waals surface area contributed by atoms with Crippen molar-refractivity contribution in [3.05, 3.63) is 29.3 Å². The summed E-state index contributed by atoms with van der Waals surface area (Å²) in [6.45, 7) is 10.3. The van der Waals surface area contributed by atoms with Gasteiger partial charge in [0.05, 0.1) is 0 Å². The zero-order valence-electron chi connectivity index (χ0n) is 11.6. The first-order valence-electron chi connectivity index (χ1n) is 6.88. The van der Waals surface area contributed by atoms with Gasteiger partial charge < -0.3 is 5.32 Å². The molecule has 0 fully saturated rings. The lowest BCUT2D eigenvalue weighted by molar-refractivity contribution is 0.485. The van der Waals surface area contributed by atoms with Crippen molar-refractivity contribution in [2.75, 3.05) is 11.9 Å². The summed E-state index contributed by atoms with van der Waals surface area (Å²) < 4.78 is 0. The second-order valence-corrected chi connectivity index (χ2v) is 6.33. The number of fused-ring (bicyclic) bond motifs is 1. The van der Waals surface area contributed by atoms with Gasteiger partial charge in [0.15, 0.2) is 0 Å². The van der Waals surface area contributed by atoms with Crippen LogP contribution in [0.15, 0.2) is 18.2 Å². The molecule has 1 aromatic carbocycles. The lowest BCUT2D eigenvalue weighted by atomic mass is 9.81. The molecule has 94 valence electrons. The fourth-order valence-corrected chi connectivity index (χ4v) is 2.85. The number of hydrogen-bond donors (Lipinski definition) is 1. The summed E-state index contributed by atoms with van der Waals surface area (Å²) in [5.74, 6) is 0.822. The fraction of sp³-hybridized carbons (Fsp3) is 0.625. The molecule has 0 spiro atoms. The third kappa shape index (κ3) is 2.65. The first-order chi connectivity index (χ1) is 8.02. The van der Waals surface area contributed by atoms with Crippen molar-refractivity contribution in [2.24, 2.45) is 5.92 Å². The van der Waals surface area contributed by atoms with E-state index in [-0.39, 0.29) is 5.41 Å². The molecule has 0 radical (unpaired) electrons. The van der Waals surface area contributed by atoms with Gasteiger partial charge in [0.1, 0.15) is 0 Å². The van der Waals surface area contributed by atoms with Gasteiger partial charge in [0.2, 0.25) is 0 Å². The van der Waals surface area contributed by atoms with Gasteiger partial charge in [0, 0.05) is 12.2 Å². The minimum absolute atomic E-state index is 0.232. The smallest absolute Gasteiger partial charge is 0.0410 e. The Balaban J connectivity index is 2.29. The first kappa shape index (κ1) is 12.5. The van der Waals surface area contributed by atoms with Crippen LogP contribution in [0.2, 0.25) is 0 Å². The Morgan fingerprint density at radius 1 is 1.29 bits per heavy atom. The largest absolute Gasteiger partial charge is 0.384 e. The van der Waals surface area contributed by atoms with Crippen LogP contribution in [0, 0.1) is 5.92 Å². The molecule has 1 heteroatoms. The van der Waals surface area contributed by atoms with Crippen LogP contribution >= 0.6 is 0 Å². The van der Waals surface area contributed by atoms with Gasteiger partial charge in [-0.15, -0.1) is 0 Å². The Hall–Kier alpha value is -0.980. The number of rotatable bonds is 2. The van der Waals surface area contributed by atoms with Crippen LogP contribution in [0.4, 0.5) is 5.69 Å². The summed E-state index contributed by atoms with van der Waals surface area (Å²) in [6.07, 6.45) is 3.88. The molecule has 1 atom stereocenters. The van der Waals surface area contributed by atoms with E-state index >= 15 is 0 Å². The quantitative estimate of drug-likeness (QED) is 0.797.